The zero-order chi connectivity index (χ0) is 9.26. The van der Waals surface area contributed by atoms with Crippen molar-refractivity contribution < 1.29 is 13.9 Å². The highest BCUT2D eigenvalue weighted by molar-refractivity contribution is 5.72. The molecule has 0 bridgehead atoms. The molecule has 1 saturated carbocycles. The molecule has 1 fully saturated rings. The quantitative estimate of drug-likeness (QED) is 0.525. The number of rotatable bonds is 3. The normalized spacial score (nSPS) is 15.5. The van der Waals surface area contributed by atoms with Gasteiger partial charge in [-0.15, -0.1) is 0 Å². The first-order valence-electron chi connectivity index (χ1n) is 4.07. The number of pyridine rings is 1. The zero-order valence-corrected chi connectivity index (χ0v) is 6.87. The second-order valence-electron chi connectivity index (χ2n) is 2.99. The predicted octanol–water partition coefficient (Wildman–Crippen LogP) is 1.57. The van der Waals surface area contributed by atoms with Crippen molar-refractivity contribution in [1.29, 1.82) is 0 Å². The Morgan fingerprint density at radius 3 is 2.92 bits per heavy atom. The van der Waals surface area contributed by atoms with Crippen LogP contribution in [0.3, 0.4) is 0 Å². The molecule has 1 heterocycles. The Kier molecular flexibility index (Phi) is 1.96. The maximum Gasteiger partial charge on any atom is 0.217 e. The summed E-state index contributed by atoms with van der Waals surface area (Å²) in [5.74, 6) is -0.294. The molecular weight excluding hydrogens is 173 g/mol. The number of hydrogen-bond acceptors (Lipinski definition) is 3. The van der Waals surface area contributed by atoms with E-state index in [9.17, 15) is 9.18 Å². The van der Waals surface area contributed by atoms with Crippen LogP contribution in [0.15, 0.2) is 12.1 Å². The van der Waals surface area contributed by atoms with Crippen LogP contribution in [0.4, 0.5) is 4.39 Å². The van der Waals surface area contributed by atoms with Gasteiger partial charge in [0, 0.05) is 12.1 Å². The van der Waals surface area contributed by atoms with E-state index in [1.165, 1.54) is 12.1 Å². The number of hydrogen-bond donors (Lipinski definition) is 0. The fourth-order valence-electron chi connectivity index (χ4n) is 0.999. The number of aromatic nitrogens is 1. The van der Waals surface area contributed by atoms with E-state index in [0.717, 1.165) is 12.8 Å². The Balaban J connectivity index is 2.22. The third-order valence-electron chi connectivity index (χ3n) is 1.74. The molecule has 13 heavy (non-hydrogen) atoms. The Morgan fingerprint density at radius 1 is 1.54 bits per heavy atom. The number of aldehydes is 1. The summed E-state index contributed by atoms with van der Waals surface area (Å²) >= 11 is 0. The Bertz CT molecular complexity index is 336. The van der Waals surface area contributed by atoms with Gasteiger partial charge >= 0.3 is 0 Å². The lowest BCUT2D eigenvalue weighted by molar-refractivity contribution is 0.111. The molecule has 68 valence electrons. The molecule has 0 unspecified atom stereocenters. The van der Waals surface area contributed by atoms with Crippen LogP contribution in [0.25, 0.3) is 0 Å². The summed E-state index contributed by atoms with van der Waals surface area (Å²) in [5.41, 5.74) is 0.0654. The number of halogens is 1. The first kappa shape index (κ1) is 8.16. The smallest absolute Gasteiger partial charge is 0.217 e. The van der Waals surface area contributed by atoms with Gasteiger partial charge in [-0.05, 0) is 12.8 Å². The average Bonchev–Trinajstić information content (AvgIpc) is 2.87. The van der Waals surface area contributed by atoms with E-state index in [-0.39, 0.29) is 11.8 Å². The lowest BCUT2D eigenvalue weighted by Gasteiger charge is -2.03. The lowest BCUT2D eigenvalue weighted by atomic mass is 10.3. The summed E-state index contributed by atoms with van der Waals surface area (Å²) in [6, 6.07) is 2.62. The molecule has 4 heteroatoms. The molecule has 0 saturated heterocycles. The van der Waals surface area contributed by atoms with Gasteiger partial charge in [0.15, 0.2) is 6.29 Å². The molecule has 0 radical (unpaired) electrons. The van der Waals surface area contributed by atoms with Crippen molar-refractivity contribution in [3.63, 3.8) is 0 Å². The van der Waals surface area contributed by atoms with Crippen LogP contribution in [-0.2, 0) is 0 Å². The van der Waals surface area contributed by atoms with Crippen LogP contribution in [0.2, 0.25) is 0 Å². The molecule has 0 aromatic carbocycles. The lowest BCUT2D eigenvalue weighted by Crippen LogP contribution is -1.99. The molecule has 2 rings (SSSR count). The minimum Gasteiger partial charge on any atom is -0.490 e. The van der Waals surface area contributed by atoms with Gasteiger partial charge in [-0.3, -0.25) is 4.79 Å². The number of carbonyl (C=O) groups excluding carboxylic acids is 1. The van der Waals surface area contributed by atoms with Gasteiger partial charge in [0.2, 0.25) is 5.95 Å². The van der Waals surface area contributed by atoms with Crippen molar-refractivity contribution in [3.05, 3.63) is 23.8 Å². The predicted molar refractivity (Wildman–Crippen MR) is 43.2 cm³/mol. The van der Waals surface area contributed by atoms with Crippen molar-refractivity contribution in [2.24, 2.45) is 0 Å². The average molecular weight is 181 g/mol. The van der Waals surface area contributed by atoms with Crippen LogP contribution in [0.1, 0.15) is 23.3 Å². The van der Waals surface area contributed by atoms with Gasteiger partial charge in [0.1, 0.15) is 11.4 Å². The molecule has 1 aromatic rings. The van der Waals surface area contributed by atoms with E-state index in [2.05, 4.69) is 4.98 Å². The molecule has 0 amide bonds. The summed E-state index contributed by atoms with van der Waals surface area (Å²) < 4.78 is 18.0. The van der Waals surface area contributed by atoms with Crippen molar-refractivity contribution >= 4 is 6.29 Å². The van der Waals surface area contributed by atoms with Crippen LogP contribution >= 0.6 is 0 Å². The van der Waals surface area contributed by atoms with Gasteiger partial charge in [-0.25, -0.2) is 4.98 Å². The summed E-state index contributed by atoms with van der Waals surface area (Å²) in [7, 11) is 0. The first-order valence-corrected chi connectivity index (χ1v) is 4.07. The van der Waals surface area contributed by atoms with Crippen LogP contribution in [0.5, 0.6) is 5.75 Å². The second-order valence-corrected chi connectivity index (χ2v) is 2.99. The molecule has 0 spiro atoms. The number of nitrogens with zero attached hydrogens (tertiary/aromatic N) is 1. The number of carbonyl (C=O) groups is 1. The van der Waals surface area contributed by atoms with E-state index in [0.29, 0.717) is 12.0 Å². The van der Waals surface area contributed by atoms with Gasteiger partial charge in [0.25, 0.3) is 0 Å². The van der Waals surface area contributed by atoms with E-state index < -0.39 is 5.95 Å². The highest BCUT2D eigenvalue weighted by Crippen LogP contribution is 2.26. The Hall–Kier alpha value is -1.45. The van der Waals surface area contributed by atoms with E-state index in [4.69, 9.17) is 4.74 Å². The highest BCUT2D eigenvalue weighted by atomic mass is 19.1. The SMILES string of the molecule is O=Cc1cc(OC2CC2)cc(F)n1. The minimum atomic E-state index is -0.680. The maximum absolute atomic E-state index is 12.7. The van der Waals surface area contributed by atoms with E-state index in [1.54, 1.807) is 0 Å². The second kappa shape index (κ2) is 3.12. The monoisotopic (exact) mass is 181 g/mol. The molecule has 1 aromatic heterocycles. The van der Waals surface area contributed by atoms with Crippen molar-refractivity contribution in [2.45, 2.75) is 18.9 Å². The molecule has 1 aliphatic rings. The van der Waals surface area contributed by atoms with E-state index >= 15 is 0 Å². The van der Waals surface area contributed by atoms with Gasteiger partial charge in [0.05, 0.1) is 6.10 Å². The molecular formula is C9H8FNO2. The topological polar surface area (TPSA) is 39.2 Å². The number of ether oxygens (including phenoxy) is 1. The van der Waals surface area contributed by atoms with Crippen molar-refractivity contribution in [3.8, 4) is 5.75 Å². The fourth-order valence-corrected chi connectivity index (χ4v) is 0.999. The summed E-state index contributed by atoms with van der Waals surface area (Å²) in [6.45, 7) is 0. The van der Waals surface area contributed by atoms with Crippen molar-refractivity contribution in [1.82, 2.24) is 4.98 Å². The summed E-state index contributed by atoms with van der Waals surface area (Å²) in [4.78, 5) is 13.7. The van der Waals surface area contributed by atoms with Gasteiger partial charge in [-0.1, -0.05) is 0 Å². The standard InChI is InChI=1S/C9H8FNO2/c10-9-4-8(13-7-1-2-7)3-6(5-12)11-9/h3-5,7H,1-2H2. The Labute approximate surface area is 74.5 Å². The Morgan fingerprint density at radius 2 is 2.31 bits per heavy atom. The maximum atomic E-state index is 12.7. The van der Waals surface area contributed by atoms with Gasteiger partial charge < -0.3 is 4.74 Å². The highest BCUT2D eigenvalue weighted by Gasteiger charge is 2.23. The third kappa shape index (κ3) is 2.02. The third-order valence-corrected chi connectivity index (χ3v) is 1.74. The summed E-state index contributed by atoms with van der Waals surface area (Å²) in [5, 5.41) is 0. The molecule has 0 atom stereocenters. The van der Waals surface area contributed by atoms with Gasteiger partial charge in [-0.2, -0.15) is 4.39 Å². The zero-order valence-electron chi connectivity index (χ0n) is 6.87. The van der Waals surface area contributed by atoms with Crippen molar-refractivity contribution in [2.75, 3.05) is 0 Å². The van der Waals surface area contributed by atoms with Crippen LogP contribution in [0, 0.1) is 5.95 Å². The fraction of sp³-hybridized carbons (Fsp3) is 0.333. The largest absolute Gasteiger partial charge is 0.490 e. The van der Waals surface area contributed by atoms with Crippen LogP contribution in [-0.4, -0.2) is 17.4 Å². The molecule has 0 N–H and O–H groups in total. The molecule has 1 aliphatic carbocycles. The molecule has 0 aliphatic heterocycles. The molecule has 3 nitrogen and oxygen atoms in total. The van der Waals surface area contributed by atoms with Crippen LogP contribution < -0.4 is 4.74 Å². The summed E-state index contributed by atoms with van der Waals surface area (Å²) in [6.07, 6.45) is 2.70. The van der Waals surface area contributed by atoms with E-state index in [1.807, 2.05) is 0 Å². The minimum absolute atomic E-state index is 0.0654. The first-order chi connectivity index (χ1) is 6.28.